The largest absolute Gasteiger partial charge is 0.314 e. The van der Waals surface area contributed by atoms with Crippen molar-refractivity contribution in [1.82, 2.24) is 14.8 Å². The van der Waals surface area contributed by atoms with E-state index in [4.69, 9.17) is 0 Å². The van der Waals surface area contributed by atoms with Crippen LogP contribution in [0.25, 0.3) is 0 Å². The van der Waals surface area contributed by atoms with E-state index >= 15 is 0 Å². The lowest BCUT2D eigenvalue weighted by molar-refractivity contribution is 0.512. The first-order valence-corrected chi connectivity index (χ1v) is 7.97. The summed E-state index contributed by atoms with van der Waals surface area (Å²) in [5, 5.41) is 9.59. The molecule has 0 aliphatic heterocycles. The van der Waals surface area contributed by atoms with Gasteiger partial charge in [0.25, 0.3) is 0 Å². The molecule has 1 heterocycles. The number of alkyl halides is 1. The first-order chi connectivity index (χ1) is 8.36. The molecule has 0 atom stereocenters. The van der Waals surface area contributed by atoms with E-state index in [0.29, 0.717) is 5.92 Å². The second-order valence-corrected chi connectivity index (χ2v) is 5.51. The molecule has 1 aliphatic carbocycles. The first kappa shape index (κ1) is 13.1. The summed E-state index contributed by atoms with van der Waals surface area (Å²) in [5.74, 6) is 2.97. The van der Waals surface area contributed by atoms with Gasteiger partial charge in [-0.15, -0.1) is 10.2 Å². The summed E-state index contributed by atoms with van der Waals surface area (Å²) < 4.78 is 2.34. The Morgan fingerprint density at radius 2 is 1.88 bits per heavy atom. The quantitative estimate of drug-likeness (QED) is 0.621. The minimum absolute atomic E-state index is 0.643. The lowest BCUT2D eigenvalue weighted by Gasteiger charge is -2.15. The van der Waals surface area contributed by atoms with Gasteiger partial charge in [-0.2, -0.15) is 0 Å². The third-order valence-electron chi connectivity index (χ3n) is 3.64. The Labute approximate surface area is 112 Å². The maximum Gasteiger partial charge on any atom is 0.143 e. The highest BCUT2D eigenvalue weighted by molar-refractivity contribution is 9.08. The van der Waals surface area contributed by atoms with Crippen LogP contribution in [0.1, 0.15) is 69.4 Å². The second-order valence-electron chi connectivity index (χ2n) is 4.95. The molecule has 0 radical (unpaired) electrons. The fourth-order valence-electron chi connectivity index (χ4n) is 2.75. The smallest absolute Gasteiger partial charge is 0.143 e. The molecule has 96 valence electrons. The van der Waals surface area contributed by atoms with E-state index < -0.39 is 0 Å². The molecule has 0 unspecified atom stereocenters. The summed E-state index contributed by atoms with van der Waals surface area (Å²) in [4.78, 5) is 0. The van der Waals surface area contributed by atoms with Crippen molar-refractivity contribution in [3.05, 3.63) is 11.6 Å². The van der Waals surface area contributed by atoms with Crippen molar-refractivity contribution in [3.63, 3.8) is 0 Å². The van der Waals surface area contributed by atoms with Gasteiger partial charge in [-0.25, -0.2) is 0 Å². The number of aromatic nitrogens is 3. The Kier molecular flexibility index (Phi) is 5.01. The minimum atomic E-state index is 0.643. The molecule has 0 N–H and O–H groups in total. The van der Waals surface area contributed by atoms with E-state index in [0.717, 1.165) is 24.1 Å². The highest BCUT2D eigenvalue weighted by Gasteiger charge is 2.21. The summed E-state index contributed by atoms with van der Waals surface area (Å²) in [6, 6.07) is 0. The van der Waals surface area contributed by atoms with Gasteiger partial charge in [-0.3, -0.25) is 0 Å². The maximum atomic E-state index is 4.45. The first-order valence-electron chi connectivity index (χ1n) is 6.84. The molecule has 0 bridgehead atoms. The molecule has 0 amide bonds. The Bertz CT molecular complexity index is 340. The van der Waals surface area contributed by atoms with Crippen LogP contribution in [0, 0.1) is 0 Å². The van der Waals surface area contributed by atoms with Crippen LogP contribution in [0.4, 0.5) is 0 Å². The molecule has 1 fully saturated rings. The van der Waals surface area contributed by atoms with Crippen LogP contribution < -0.4 is 0 Å². The van der Waals surface area contributed by atoms with Crippen LogP contribution in [-0.2, 0) is 11.9 Å². The van der Waals surface area contributed by atoms with Crippen LogP contribution in [-0.4, -0.2) is 14.8 Å². The van der Waals surface area contributed by atoms with Gasteiger partial charge < -0.3 is 4.57 Å². The summed E-state index contributed by atoms with van der Waals surface area (Å²) in [5.41, 5.74) is 0. The Morgan fingerprint density at radius 3 is 2.47 bits per heavy atom. The van der Waals surface area contributed by atoms with E-state index in [-0.39, 0.29) is 0 Å². The molecular formula is C13H22BrN3. The third kappa shape index (κ3) is 3.09. The lowest BCUT2D eigenvalue weighted by Crippen LogP contribution is -2.11. The molecule has 0 aromatic carbocycles. The van der Waals surface area contributed by atoms with Gasteiger partial charge in [0.1, 0.15) is 11.6 Å². The average Bonchev–Trinajstić information content (AvgIpc) is 2.58. The summed E-state index contributed by atoms with van der Waals surface area (Å²) in [7, 11) is 0. The summed E-state index contributed by atoms with van der Waals surface area (Å²) >= 11 is 3.51. The topological polar surface area (TPSA) is 30.7 Å². The van der Waals surface area contributed by atoms with Crippen molar-refractivity contribution >= 4 is 15.9 Å². The fraction of sp³-hybridized carbons (Fsp3) is 0.846. The Balaban J connectivity index is 2.20. The van der Waals surface area contributed by atoms with E-state index in [1.54, 1.807) is 0 Å². The predicted octanol–water partition coefficient (Wildman–Crippen LogP) is 4.02. The Morgan fingerprint density at radius 1 is 1.18 bits per heavy atom. The number of rotatable bonds is 4. The highest BCUT2D eigenvalue weighted by atomic mass is 79.9. The van der Waals surface area contributed by atoms with Crippen molar-refractivity contribution in [2.24, 2.45) is 0 Å². The van der Waals surface area contributed by atoms with Crippen LogP contribution in [0.5, 0.6) is 0 Å². The van der Waals surface area contributed by atoms with E-state index in [1.807, 2.05) is 0 Å². The van der Waals surface area contributed by atoms with Crippen molar-refractivity contribution in [1.29, 1.82) is 0 Å². The van der Waals surface area contributed by atoms with Gasteiger partial charge in [-0.1, -0.05) is 48.5 Å². The van der Waals surface area contributed by atoms with Crippen LogP contribution in [0.15, 0.2) is 0 Å². The van der Waals surface area contributed by atoms with Gasteiger partial charge >= 0.3 is 0 Å². The molecule has 17 heavy (non-hydrogen) atoms. The minimum Gasteiger partial charge on any atom is -0.314 e. The molecule has 1 aromatic heterocycles. The molecule has 2 rings (SSSR count). The van der Waals surface area contributed by atoms with Gasteiger partial charge in [0.15, 0.2) is 0 Å². The number of nitrogens with zero attached hydrogens (tertiary/aromatic N) is 3. The second kappa shape index (κ2) is 6.53. The predicted molar refractivity (Wildman–Crippen MR) is 73.4 cm³/mol. The zero-order chi connectivity index (χ0) is 12.1. The number of hydrogen-bond donors (Lipinski definition) is 0. The molecule has 4 heteroatoms. The van der Waals surface area contributed by atoms with Crippen LogP contribution >= 0.6 is 15.9 Å². The maximum absolute atomic E-state index is 4.45. The normalized spacial score (nSPS) is 18.2. The van der Waals surface area contributed by atoms with E-state index in [1.165, 1.54) is 44.3 Å². The third-order valence-corrected chi connectivity index (χ3v) is 4.14. The standard InChI is InChI=1S/C13H22BrN3/c1-2-9-17-12(10-14)15-16-13(17)11-7-5-3-4-6-8-11/h11H,2-10H2,1H3. The van der Waals surface area contributed by atoms with Gasteiger partial charge in [0, 0.05) is 12.5 Å². The molecule has 1 aliphatic rings. The monoisotopic (exact) mass is 299 g/mol. The molecule has 1 aromatic rings. The molecule has 3 nitrogen and oxygen atoms in total. The van der Waals surface area contributed by atoms with E-state index in [9.17, 15) is 0 Å². The van der Waals surface area contributed by atoms with Crippen molar-refractivity contribution in [2.75, 3.05) is 0 Å². The van der Waals surface area contributed by atoms with Gasteiger partial charge in [0.05, 0.1) is 5.33 Å². The van der Waals surface area contributed by atoms with Gasteiger partial charge in [0.2, 0.25) is 0 Å². The van der Waals surface area contributed by atoms with Crippen molar-refractivity contribution in [3.8, 4) is 0 Å². The molecule has 0 saturated heterocycles. The molecule has 0 spiro atoms. The summed E-state index contributed by atoms with van der Waals surface area (Å²) in [6.07, 6.45) is 9.24. The SMILES string of the molecule is CCCn1c(CBr)nnc1C1CCCCCC1. The van der Waals surface area contributed by atoms with Crippen molar-refractivity contribution in [2.45, 2.75) is 69.7 Å². The van der Waals surface area contributed by atoms with E-state index in [2.05, 4.69) is 37.6 Å². The fourth-order valence-corrected chi connectivity index (χ4v) is 3.17. The molecular weight excluding hydrogens is 278 g/mol. The zero-order valence-corrected chi connectivity index (χ0v) is 12.2. The average molecular weight is 300 g/mol. The number of halogens is 1. The number of hydrogen-bond acceptors (Lipinski definition) is 2. The van der Waals surface area contributed by atoms with Crippen LogP contribution in [0.2, 0.25) is 0 Å². The molecule has 1 saturated carbocycles. The lowest BCUT2D eigenvalue weighted by atomic mass is 9.99. The summed E-state index contributed by atoms with van der Waals surface area (Å²) in [6.45, 7) is 3.27. The zero-order valence-electron chi connectivity index (χ0n) is 10.7. The Hall–Kier alpha value is -0.380. The highest BCUT2D eigenvalue weighted by Crippen LogP contribution is 2.31. The van der Waals surface area contributed by atoms with Crippen LogP contribution in [0.3, 0.4) is 0 Å². The van der Waals surface area contributed by atoms with Gasteiger partial charge in [-0.05, 0) is 19.3 Å². The van der Waals surface area contributed by atoms with Crippen molar-refractivity contribution < 1.29 is 0 Å².